The number of carboxylic acid groups (broad SMARTS) is 2. The second-order valence-corrected chi connectivity index (χ2v) is 9.01. The molecule has 1 heterocycles. The molecule has 3 amide bonds. The Morgan fingerprint density at radius 2 is 1.70 bits per heavy atom. The molecule has 0 aromatic heterocycles. The van der Waals surface area contributed by atoms with Crippen LogP contribution in [0.5, 0.6) is 5.75 Å². The minimum atomic E-state index is -1.47. The van der Waals surface area contributed by atoms with E-state index in [2.05, 4.69) is 10.6 Å². The zero-order valence-corrected chi connectivity index (χ0v) is 20.5. The van der Waals surface area contributed by atoms with Gasteiger partial charge in [-0.1, -0.05) is 12.1 Å². The topological polar surface area (TPSA) is 225 Å². The Morgan fingerprint density at radius 1 is 1.03 bits per heavy atom. The number of phenols is 1. The summed E-state index contributed by atoms with van der Waals surface area (Å²) in [7, 11) is 0. The van der Waals surface area contributed by atoms with Crippen molar-refractivity contribution >= 4 is 29.7 Å². The smallest absolute Gasteiger partial charge is 0.326 e. The molecule has 0 bridgehead atoms. The highest BCUT2D eigenvalue weighted by Crippen LogP contribution is 2.20. The molecule has 13 nitrogen and oxygen atoms in total. The fourth-order valence-electron chi connectivity index (χ4n) is 4.15. The van der Waals surface area contributed by atoms with E-state index >= 15 is 0 Å². The van der Waals surface area contributed by atoms with Gasteiger partial charge < -0.3 is 42.3 Å². The molecule has 0 radical (unpaired) electrons. The maximum absolute atomic E-state index is 13.2. The van der Waals surface area contributed by atoms with Crippen LogP contribution in [0.15, 0.2) is 24.3 Å². The first-order valence-electron chi connectivity index (χ1n) is 12.1. The molecule has 204 valence electrons. The Bertz CT molecular complexity index is 970. The Morgan fingerprint density at radius 3 is 2.30 bits per heavy atom. The summed E-state index contributed by atoms with van der Waals surface area (Å²) in [6.45, 7) is 0.536. The van der Waals surface area contributed by atoms with Crippen molar-refractivity contribution in [2.24, 2.45) is 11.5 Å². The Hall–Kier alpha value is -3.71. The van der Waals surface area contributed by atoms with E-state index in [1.54, 1.807) is 12.1 Å². The van der Waals surface area contributed by atoms with Gasteiger partial charge in [0.15, 0.2) is 0 Å². The molecule has 1 saturated heterocycles. The van der Waals surface area contributed by atoms with Crippen LogP contribution in [-0.4, -0.2) is 87.1 Å². The third-order valence-corrected chi connectivity index (χ3v) is 6.12. The predicted molar refractivity (Wildman–Crippen MR) is 131 cm³/mol. The molecule has 4 atom stereocenters. The summed E-state index contributed by atoms with van der Waals surface area (Å²) in [5, 5.41) is 33.0. The molecule has 1 aromatic rings. The van der Waals surface area contributed by atoms with Crippen LogP contribution < -0.4 is 22.1 Å². The quantitative estimate of drug-likeness (QED) is 0.146. The van der Waals surface area contributed by atoms with Crippen LogP contribution in [0.4, 0.5) is 0 Å². The van der Waals surface area contributed by atoms with Gasteiger partial charge >= 0.3 is 11.9 Å². The van der Waals surface area contributed by atoms with Gasteiger partial charge in [-0.3, -0.25) is 19.2 Å². The molecule has 0 spiro atoms. The average molecular weight is 522 g/mol. The molecule has 9 N–H and O–H groups in total. The molecule has 1 aromatic carbocycles. The summed E-state index contributed by atoms with van der Waals surface area (Å²) in [5.74, 6) is -4.67. The van der Waals surface area contributed by atoms with Crippen molar-refractivity contribution < 1.29 is 39.3 Å². The molecule has 13 heteroatoms. The SMILES string of the molecule is NCCCCC(NC(=O)C1CCCN1C(=O)C(CC(=O)O)NC(=O)C(N)Cc1ccc(O)cc1)C(=O)O. The average Bonchev–Trinajstić information content (AvgIpc) is 3.33. The minimum Gasteiger partial charge on any atom is -0.508 e. The Labute approximate surface area is 214 Å². The van der Waals surface area contributed by atoms with E-state index in [1.807, 2.05) is 0 Å². The number of likely N-dealkylation sites (tertiary alicyclic amines) is 1. The predicted octanol–water partition coefficient (Wildman–Crippen LogP) is -1.09. The number of nitrogens with zero attached hydrogens (tertiary/aromatic N) is 1. The van der Waals surface area contributed by atoms with Crippen molar-refractivity contribution in [3.8, 4) is 5.75 Å². The third-order valence-electron chi connectivity index (χ3n) is 6.12. The molecule has 0 saturated carbocycles. The van der Waals surface area contributed by atoms with Crippen LogP contribution in [0, 0.1) is 0 Å². The van der Waals surface area contributed by atoms with Gasteiger partial charge in [0.25, 0.3) is 0 Å². The van der Waals surface area contributed by atoms with Gasteiger partial charge in [-0.2, -0.15) is 0 Å². The number of carbonyl (C=O) groups is 5. The zero-order chi connectivity index (χ0) is 27.5. The maximum atomic E-state index is 13.2. The number of phenolic OH excluding ortho intramolecular Hbond substituents is 1. The van der Waals surface area contributed by atoms with Crippen molar-refractivity contribution in [3.63, 3.8) is 0 Å². The first kappa shape index (κ1) is 29.5. The van der Waals surface area contributed by atoms with Crippen molar-refractivity contribution in [3.05, 3.63) is 29.8 Å². The molecule has 1 fully saturated rings. The number of hydrogen-bond acceptors (Lipinski definition) is 8. The summed E-state index contributed by atoms with van der Waals surface area (Å²) in [6, 6.07) is 1.31. The fraction of sp³-hybridized carbons (Fsp3) is 0.542. The normalized spacial score (nSPS) is 17.5. The number of carbonyl (C=O) groups excluding carboxylic acids is 3. The highest BCUT2D eigenvalue weighted by molar-refractivity contribution is 5.96. The van der Waals surface area contributed by atoms with Gasteiger partial charge in [-0.25, -0.2) is 4.79 Å². The lowest BCUT2D eigenvalue weighted by Crippen LogP contribution is -2.57. The number of nitrogens with one attached hydrogen (secondary N) is 2. The molecule has 0 aliphatic carbocycles. The highest BCUT2D eigenvalue weighted by Gasteiger charge is 2.39. The number of carboxylic acids is 2. The van der Waals surface area contributed by atoms with E-state index in [9.17, 15) is 39.3 Å². The number of unbranched alkanes of at least 4 members (excludes halogenated alkanes) is 1. The van der Waals surface area contributed by atoms with Crippen LogP contribution in [-0.2, 0) is 30.4 Å². The van der Waals surface area contributed by atoms with Gasteiger partial charge in [0.2, 0.25) is 17.7 Å². The van der Waals surface area contributed by atoms with Crippen molar-refractivity contribution in [1.82, 2.24) is 15.5 Å². The van der Waals surface area contributed by atoms with Crippen LogP contribution in [0.1, 0.15) is 44.1 Å². The zero-order valence-electron chi connectivity index (χ0n) is 20.5. The minimum absolute atomic E-state index is 0.0448. The van der Waals surface area contributed by atoms with Gasteiger partial charge in [0.1, 0.15) is 23.9 Å². The molecule has 1 aliphatic heterocycles. The summed E-state index contributed by atoms with van der Waals surface area (Å²) < 4.78 is 0. The summed E-state index contributed by atoms with van der Waals surface area (Å²) >= 11 is 0. The summed E-state index contributed by atoms with van der Waals surface area (Å²) in [5.41, 5.74) is 12.0. The van der Waals surface area contributed by atoms with E-state index in [1.165, 1.54) is 17.0 Å². The second-order valence-electron chi connectivity index (χ2n) is 9.01. The van der Waals surface area contributed by atoms with Crippen LogP contribution in [0.25, 0.3) is 0 Å². The maximum Gasteiger partial charge on any atom is 0.326 e. The molecule has 1 aliphatic rings. The second kappa shape index (κ2) is 14.1. The number of aromatic hydroxyl groups is 1. The number of aliphatic carboxylic acids is 2. The standard InChI is InChI=1S/C24H35N5O8/c25-10-2-1-4-17(24(36)37)27-22(34)19-5-3-11-29(19)23(35)18(13-20(31)32)28-21(33)16(26)12-14-6-8-15(30)9-7-14/h6-9,16-19,30H,1-5,10-13,25-26H2,(H,27,34)(H,28,33)(H,31,32)(H,36,37). The molecule has 2 rings (SSSR count). The van der Waals surface area contributed by atoms with Crippen molar-refractivity contribution in [2.45, 2.75) is 69.1 Å². The summed E-state index contributed by atoms with van der Waals surface area (Å²) in [6.07, 6.45) is 1.34. The number of nitrogens with two attached hydrogens (primary N) is 2. The largest absolute Gasteiger partial charge is 0.508 e. The van der Waals surface area contributed by atoms with Gasteiger partial charge in [-0.15, -0.1) is 0 Å². The fourth-order valence-corrected chi connectivity index (χ4v) is 4.15. The van der Waals surface area contributed by atoms with Gasteiger partial charge in [0, 0.05) is 6.54 Å². The highest BCUT2D eigenvalue weighted by atomic mass is 16.4. The number of rotatable bonds is 14. The van der Waals surface area contributed by atoms with Crippen LogP contribution in [0.2, 0.25) is 0 Å². The molecule has 37 heavy (non-hydrogen) atoms. The number of amides is 3. The van der Waals surface area contributed by atoms with Gasteiger partial charge in [0.05, 0.1) is 12.5 Å². The van der Waals surface area contributed by atoms with E-state index in [4.69, 9.17) is 11.5 Å². The lowest BCUT2D eigenvalue weighted by atomic mass is 10.0. The first-order chi connectivity index (χ1) is 17.5. The lowest BCUT2D eigenvalue weighted by Gasteiger charge is -2.29. The van der Waals surface area contributed by atoms with Crippen molar-refractivity contribution in [1.29, 1.82) is 0 Å². The van der Waals surface area contributed by atoms with E-state index in [-0.39, 0.29) is 31.6 Å². The Kier molecular flexibility index (Phi) is 11.3. The molecular weight excluding hydrogens is 486 g/mol. The molecule has 4 unspecified atom stereocenters. The van der Waals surface area contributed by atoms with E-state index in [0.717, 1.165) is 0 Å². The lowest BCUT2D eigenvalue weighted by molar-refractivity contribution is -0.147. The van der Waals surface area contributed by atoms with E-state index in [0.29, 0.717) is 31.4 Å². The first-order valence-corrected chi connectivity index (χ1v) is 12.1. The van der Waals surface area contributed by atoms with Crippen LogP contribution >= 0.6 is 0 Å². The number of hydrogen-bond donors (Lipinski definition) is 7. The molecular formula is C24H35N5O8. The van der Waals surface area contributed by atoms with Crippen molar-refractivity contribution in [2.75, 3.05) is 13.1 Å². The van der Waals surface area contributed by atoms with E-state index < -0.39 is 60.2 Å². The van der Waals surface area contributed by atoms with Crippen LogP contribution in [0.3, 0.4) is 0 Å². The number of benzene rings is 1. The Balaban J connectivity index is 2.08. The third kappa shape index (κ3) is 9.03. The van der Waals surface area contributed by atoms with Gasteiger partial charge in [-0.05, 0) is 62.8 Å². The monoisotopic (exact) mass is 521 g/mol. The summed E-state index contributed by atoms with van der Waals surface area (Å²) in [4.78, 5) is 63.0.